The zero-order valence-electron chi connectivity index (χ0n) is 3.87. The van der Waals surface area contributed by atoms with Crippen LogP contribution >= 0.6 is 23.7 Å². The van der Waals surface area contributed by atoms with Gasteiger partial charge in [-0.2, -0.15) is 3.84 Å². The molecule has 0 spiro atoms. The predicted octanol–water partition coefficient (Wildman–Crippen LogP) is 1.15. The minimum atomic E-state index is 0. The summed E-state index contributed by atoms with van der Waals surface area (Å²) < 4.78 is 3.19. The van der Waals surface area contributed by atoms with Gasteiger partial charge in [0, 0.05) is 0 Å². The first-order valence-electron chi connectivity index (χ1n) is 0.309. The van der Waals surface area contributed by atoms with Gasteiger partial charge < -0.3 is 2.85 Å². The molecule has 0 fully saturated rings. The third-order valence-corrected chi connectivity index (χ3v) is 0. The number of halogens is 2. The molecule has 0 N–H and O–H groups in total. The molecule has 0 aliphatic heterocycles. The Labute approximate surface area is 74.8 Å². The van der Waals surface area contributed by atoms with Crippen LogP contribution in [0.15, 0.2) is 0 Å². The Morgan fingerprint density at radius 2 is 1.50 bits per heavy atom. The second-order valence-corrected chi connectivity index (χ2v) is 0.525. The van der Waals surface area contributed by atoms with Gasteiger partial charge in [0.15, 0.2) is 0 Å². The number of rotatable bonds is 0. The van der Waals surface area contributed by atoms with E-state index in [4.69, 9.17) is 0 Å². The number of hydrogen-bond acceptors (Lipinski definition) is 1. The second kappa shape index (κ2) is 8.90. The third-order valence-electron chi connectivity index (χ3n) is 0. The van der Waals surface area contributed by atoms with Crippen molar-refractivity contribution in [3.05, 3.63) is 0 Å². The van der Waals surface area contributed by atoms with Crippen LogP contribution in [0.2, 0.25) is 0 Å². The molecule has 0 radical (unpaired) electrons. The van der Waals surface area contributed by atoms with E-state index < -0.39 is 0 Å². The van der Waals surface area contributed by atoms with Crippen molar-refractivity contribution in [3.63, 3.8) is 0 Å². The van der Waals surface area contributed by atoms with Crippen LogP contribution in [0, 0.1) is 0 Å². The van der Waals surface area contributed by atoms with Crippen LogP contribution in [-0.2, 0) is 3.84 Å². The summed E-state index contributed by atoms with van der Waals surface area (Å²) in [6.45, 7) is 0. The Bertz CT molecular complexity index is 11.5. The van der Waals surface area contributed by atoms with Crippen molar-refractivity contribution in [1.29, 1.82) is 0 Å². The molecule has 0 atom stereocenters. The maximum atomic E-state index is 4.26. The second-order valence-electron chi connectivity index (χ2n) is 0.0583. The summed E-state index contributed by atoms with van der Waals surface area (Å²) in [5.41, 5.74) is 0. The fourth-order valence-electron chi connectivity index (χ4n) is 0. The molecule has 0 amide bonds. The normalized spacial score (nSPS) is 4.50. The Kier molecular flexibility index (Phi) is 20.9. The fourth-order valence-corrected chi connectivity index (χ4v) is 0. The average Bonchev–Trinajstić information content (AvgIpc) is 0.918. The van der Waals surface area contributed by atoms with Crippen molar-refractivity contribution >= 4 is 69.2 Å². The van der Waals surface area contributed by atoms with Gasteiger partial charge in [-0.3, -0.25) is 0 Å². The monoisotopic (exact) mass is 176 g/mol. The Morgan fingerprint density at radius 1 is 1.50 bits per heavy atom. The first-order valence-corrected chi connectivity index (χ1v) is 0.926. The minimum absolute atomic E-state index is 0. The number of hydrogen-bond donors (Lipinski definition) is 0. The van der Waals surface area contributed by atoms with Crippen molar-refractivity contribution in [3.8, 4) is 0 Å². The van der Waals surface area contributed by atoms with E-state index in [9.17, 15) is 0 Å². The molecule has 0 saturated carbocycles. The average molecular weight is 177 g/mol. The van der Waals surface area contributed by atoms with Crippen molar-refractivity contribution in [2.24, 2.45) is 0 Å². The van der Waals surface area contributed by atoms with Crippen LogP contribution in [0.4, 0.5) is 0 Å². The van der Waals surface area contributed by atoms with Crippen LogP contribution in [0.3, 0.4) is 0 Å². The van der Waals surface area contributed by atoms with Gasteiger partial charge in [0.25, 0.3) is 0 Å². The van der Waals surface area contributed by atoms with E-state index in [1.165, 1.54) is 0 Å². The molecule has 0 aromatic rings. The molecule has 24 valence electrons. The molecule has 4 heavy (non-hydrogen) atoms. The molecule has 0 aliphatic carbocycles. The van der Waals surface area contributed by atoms with E-state index in [2.05, 4.69) is 27.6 Å². The van der Waals surface area contributed by atoms with Gasteiger partial charge >= 0.3 is 45.5 Å². The maximum Gasteiger partial charge on any atom is 2.00 e. The topological polar surface area (TPSA) is 9.23 Å². The van der Waals surface area contributed by atoms with Crippen LogP contribution in [-0.4, -0.2) is 45.5 Å². The zero-order valence-corrected chi connectivity index (χ0v) is 6.86. The standard InChI is InChI=1S/Cl2O.Sr.2H/c1-3-2;;;/q;+2;2*-1. The minimum Gasteiger partial charge on any atom is -1.00 e. The molecule has 1 nitrogen and oxygen atoms in total. The molecule has 0 aromatic heterocycles. The van der Waals surface area contributed by atoms with Gasteiger partial charge in [-0.05, 0) is 0 Å². The summed E-state index contributed by atoms with van der Waals surface area (Å²) in [5, 5.41) is 0. The fraction of sp³-hybridized carbons (Fsp3) is 0. The van der Waals surface area contributed by atoms with Gasteiger partial charge in [-0.1, -0.05) is 0 Å². The van der Waals surface area contributed by atoms with Crippen molar-refractivity contribution in [2.75, 3.05) is 0 Å². The Hall–Kier alpha value is 2.02. The summed E-state index contributed by atoms with van der Waals surface area (Å²) >= 11 is 8.53. The molecule has 0 saturated heterocycles. The predicted molar refractivity (Wildman–Crippen MR) is 20.8 cm³/mol. The van der Waals surface area contributed by atoms with Gasteiger partial charge in [-0.25, -0.2) is 0 Å². The van der Waals surface area contributed by atoms with Crippen LogP contribution in [0.1, 0.15) is 2.85 Å². The van der Waals surface area contributed by atoms with Crippen LogP contribution in [0.25, 0.3) is 0 Å². The molecule has 0 aliphatic rings. The van der Waals surface area contributed by atoms with E-state index >= 15 is 0 Å². The summed E-state index contributed by atoms with van der Waals surface area (Å²) in [6.07, 6.45) is 0. The molecule has 0 aromatic carbocycles. The van der Waals surface area contributed by atoms with Gasteiger partial charge in [0.1, 0.15) is 0 Å². The third kappa shape index (κ3) is 8.99. The van der Waals surface area contributed by atoms with Gasteiger partial charge in [0.05, 0.1) is 23.7 Å². The molecule has 0 bridgehead atoms. The van der Waals surface area contributed by atoms with E-state index in [-0.39, 0.29) is 48.3 Å². The van der Waals surface area contributed by atoms with E-state index in [1.54, 1.807) is 0 Å². The molecule has 4 heteroatoms. The molecule has 0 rings (SSSR count). The summed E-state index contributed by atoms with van der Waals surface area (Å²) in [5.74, 6) is 0. The molecular weight excluding hydrogens is 175 g/mol. The molecule has 0 unspecified atom stereocenters. The summed E-state index contributed by atoms with van der Waals surface area (Å²) in [4.78, 5) is 0. The Morgan fingerprint density at radius 3 is 1.50 bits per heavy atom. The van der Waals surface area contributed by atoms with E-state index in [1.807, 2.05) is 0 Å². The van der Waals surface area contributed by atoms with Gasteiger partial charge in [0.2, 0.25) is 0 Å². The maximum absolute atomic E-state index is 4.26. The largest absolute Gasteiger partial charge is 2.00 e. The first-order chi connectivity index (χ1) is 1.41. The summed E-state index contributed by atoms with van der Waals surface area (Å²) in [6, 6.07) is 0. The van der Waals surface area contributed by atoms with E-state index in [0.29, 0.717) is 0 Å². The van der Waals surface area contributed by atoms with Gasteiger partial charge in [-0.15, -0.1) is 0 Å². The SMILES string of the molecule is ClOCl.[H-].[H-].[Sr+2]. The molecular formula is H2Cl2OSr. The van der Waals surface area contributed by atoms with Crippen molar-refractivity contribution in [2.45, 2.75) is 0 Å². The van der Waals surface area contributed by atoms with Crippen molar-refractivity contribution < 1.29 is 6.70 Å². The summed E-state index contributed by atoms with van der Waals surface area (Å²) in [7, 11) is 0. The zero-order chi connectivity index (χ0) is 2.71. The first kappa shape index (κ1) is 9.39. The quantitative estimate of drug-likeness (QED) is 0.504. The smallest absolute Gasteiger partial charge is 1.00 e. The van der Waals surface area contributed by atoms with Crippen molar-refractivity contribution in [1.82, 2.24) is 0 Å². The molecule has 0 heterocycles. The Balaban J connectivity index is -0.00000000667. The van der Waals surface area contributed by atoms with E-state index in [0.717, 1.165) is 0 Å². The van der Waals surface area contributed by atoms with Crippen LogP contribution < -0.4 is 0 Å². The van der Waals surface area contributed by atoms with Crippen LogP contribution in [0.5, 0.6) is 0 Å².